The first-order valence-corrected chi connectivity index (χ1v) is 5.53. The van der Waals surface area contributed by atoms with Crippen LogP contribution >= 0.6 is 12.4 Å². The third-order valence-corrected chi connectivity index (χ3v) is 2.59. The van der Waals surface area contributed by atoms with E-state index in [2.05, 4.69) is 10.3 Å². The van der Waals surface area contributed by atoms with Crippen LogP contribution in [0.3, 0.4) is 0 Å². The Morgan fingerprint density at radius 3 is 2.33 bits per heavy atom. The number of hydrogen-bond donors (Lipinski definition) is 1. The predicted octanol–water partition coefficient (Wildman–Crippen LogP) is 2.99. The van der Waals surface area contributed by atoms with Gasteiger partial charge >= 0.3 is 0 Å². The molecule has 0 spiro atoms. The van der Waals surface area contributed by atoms with E-state index >= 15 is 0 Å². The molecule has 1 N–H and O–H groups in total. The number of aromatic nitrogens is 1. The number of nitrogens with zero attached hydrogens (tertiary/aromatic N) is 1. The zero-order chi connectivity index (χ0) is 12.1. The minimum atomic E-state index is -0.0799. The molecular weight excluding hydrogens is 248 g/mol. The Hall–Kier alpha value is -1.87. The topological polar surface area (TPSA) is 42.0 Å². The summed E-state index contributed by atoms with van der Waals surface area (Å²) in [6, 6.07) is 13.3. The lowest BCUT2D eigenvalue weighted by atomic mass is 10.1. The molecule has 94 valence electrons. The monoisotopic (exact) mass is 262 g/mol. The van der Waals surface area contributed by atoms with Gasteiger partial charge in [0, 0.05) is 18.0 Å². The van der Waals surface area contributed by atoms with Crippen molar-refractivity contribution < 1.29 is 4.79 Å². The lowest BCUT2D eigenvalue weighted by Gasteiger charge is -2.14. The molecule has 0 bridgehead atoms. The zero-order valence-corrected chi connectivity index (χ0v) is 10.9. The van der Waals surface area contributed by atoms with Gasteiger partial charge in [0.25, 0.3) is 5.91 Å². The van der Waals surface area contributed by atoms with Crippen molar-refractivity contribution in [2.45, 2.75) is 13.0 Å². The average Bonchev–Trinajstić information content (AvgIpc) is 2.40. The molecule has 4 heteroatoms. The van der Waals surface area contributed by atoms with Gasteiger partial charge in [-0.2, -0.15) is 0 Å². The Kier molecular flexibility index (Phi) is 5.33. The number of carbonyl (C=O) groups is 1. The second-order valence-electron chi connectivity index (χ2n) is 3.84. The normalized spacial score (nSPS) is 11.2. The molecule has 1 aromatic heterocycles. The highest BCUT2D eigenvalue weighted by molar-refractivity contribution is 5.94. The van der Waals surface area contributed by atoms with Crippen LogP contribution in [0, 0.1) is 0 Å². The Labute approximate surface area is 113 Å². The third-order valence-electron chi connectivity index (χ3n) is 2.59. The minimum Gasteiger partial charge on any atom is -0.346 e. The second kappa shape index (κ2) is 6.77. The van der Waals surface area contributed by atoms with Gasteiger partial charge in [-0.25, -0.2) is 0 Å². The lowest BCUT2D eigenvalue weighted by molar-refractivity contribution is 0.0940. The molecule has 1 heterocycles. The maximum atomic E-state index is 11.9. The van der Waals surface area contributed by atoms with E-state index in [0.29, 0.717) is 5.56 Å². The molecule has 0 radical (unpaired) electrons. The molecule has 1 atom stereocenters. The number of amides is 1. The molecule has 1 aromatic carbocycles. The van der Waals surface area contributed by atoms with E-state index in [1.54, 1.807) is 24.5 Å². The summed E-state index contributed by atoms with van der Waals surface area (Å²) in [7, 11) is 0. The summed E-state index contributed by atoms with van der Waals surface area (Å²) < 4.78 is 0. The number of hydrogen-bond acceptors (Lipinski definition) is 2. The van der Waals surface area contributed by atoms with Crippen molar-refractivity contribution in [3.8, 4) is 0 Å². The van der Waals surface area contributed by atoms with Crippen LogP contribution in [0.4, 0.5) is 0 Å². The van der Waals surface area contributed by atoms with E-state index in [4.69, 9.17) is 0 Å². The number of carbonyl (C=O) groups excluding carboxylic acids is 1. The fraction of sp³-hybridized carbons (Fsp3) is 0.143. The number of benzene rings is 1. The van der Waals surface area contributed by atoms with Crippen molar-refractivity contribution in [3.05, 3.63) is 66.0 Å². The molecule has 1 unspecified atom stereocenters. The van der Waals surface area contributed by atoms with Crippen LogP contribution in [0.1, 0.15) is 28.9 Å². The maximum Gasteiger partial charge on any atom is 0.251 e. The number of pyridine rings is 1. The van der Waals surface area contributed by atoms with Crippen molar-refractivity contribution in [3.63, 3.8) is 0 Å². The van der Waals surface area contributed by atoms with Gasteiger partial charge in [0.1, 0.15) is 0 Å². The Morgan fingerprint density at radius 1 is 1.11 bits per heavy atom. The van der Waals surface area contributed by atoms with E-state index in [-0.39, 0.29) is 24.4 Å². The fourth-order valence-electron chi connectivity index (χ4n) is 1.61. The van der Waals surface area contributed by atoms with Gasteiger partial charge in [-0.3, -0.25) is 9.78 Å². The summed E-state index contributed by atoms with van der Waals surface area (Å²) in [6.07, 6.45) is 3.23. The van der Waals surface area contributed by atoms with Gasteiger partial charge in [-0.05, 0) is 24.6 Å². The van der Waals surface area contributed by atoms with Gasteiger partial charge in [-0.15, -0.1) is 12.4 Å². The number of rotatable bonds is 3. The SMILES string of the molecule is CC(NC(=O)c1ccncc1)c1ccccc1.Cl. The first-order valence-electron chi connectivity index (χ1n) is 5.53. The first kappa shape index (κ1) is 14.2. The second-order valence-corrected chi connectivity index (χ2v) is 3.84. The number of halogens is 1. The molecule has 2 rings (SSSR count). The van der Waals surface area contributed by atoms with Crippen LogP contribution in [0.15, 0.2) is 54.9 Å². The highest BCUT2D eigenvalue weighted by Crippen LogP contribution is 2.11. The van der Waals surface area contributed by atoms with Crippen LogP contribution in [0.25, 0.3) is 0 Å². The fourth-order valence-corrected chi connectivity index (χ4v) is 1.61. The van der Waals surface area contributed by atoms with Gasteiger partial charge < -0.3 is 5.32 Å². The summed E-state index contributed by atoms with van der Waals surface area (Å²) in [6.45, 7) is 1.97. The molecule has 0 fully saturated rings. The molecule has 2 aromatic rings. The smallest absolute Gasteiger partial charge is 0.251 e. The maximum absolute atomic E-state index is 11.9. The summed E-state index contributed by atoms with van der Waals surface area (Å²) in [5, 5.41) is 2.95. The lowest BCUT2D eigenvalue weighted by Crippen LogP contribution is -2.26. The standard InChI is InChI=1S/C14H14N2O.ClH/c1-11(12-5-3-2-4-6-12)16-14(17)13-7-9-15-10-8-13;/h2-11H,1H3,(H,16,17);1H. The summed E-state index contributed by atoms with van der Waals surface area (Å²) >= 11 is 0. The van der Waals surface area contributed by atoms with Crippen molar-refractivity contribution >= 4 is 18.3 Å². The quantitative estimate of drug-likeness (QED) is 0.924. The van der Waals surface area contributed by atoms with E-state index in [0.717, 1.165) is 5.56 Å². The largest absolute Gasteiger partial charge is 0.346 e. The van der Waals surface area contributed by atoms with E-state index in [1.165, 1.54) is 0 Å². The van der Waals surface area contributed by atoms with Crippen LogP contribution in [0.5, 0.6) is 0 Å². The molecule has 0 saturated heterocycles. The minimum absolute atomic E-state index is 0. The van der Waals surface area contributed by atoms with Gasteiger partial charge in [0.15, 0.2) is 0 Å². The predicted molar refractivity (Wildman–Crippen MR) is 73.8 cm³/mol. The molecule has 3 nitrogen and oxygen atoms in total. The van der Waals surface area contributed by atoms with Crippen molar-refractivity contribution in [1.29, 1.82) is 0 Å². The summed E-state index contributed by atoms with van der Waals surface area (Å²) in [4.78, 5) is 15.8. The Morgan fingerprint density at radius 2 is 1.72 bits per heavy atom. The van der Waals surface area contributed by atoms with Crippen LogP contribution in [0.2, 0.25) is 0 Å². The van der Waals surface area contributed by atoms with Gasteiger partial charge in [0.2, 0.25) is 0 Å². The zero-order valence-electron chi connectivity index (χ0n) is 10.0. The summed E-state index contributed by atoms with van der Waals surface area (Å²) in [5.41, 5.74) is 1.72. The first-order chi connectivity index (χ1) is 8.27. The van der Waals surface area contributed by atoms with Crippen LogP contribution < -0.4 is 5.32 Å². The van der Waals surface area contributed by atoms with Crippen LogP contribution in [-0.4, -0.2) is 10.9 Å². The Balaban J connectivity index is 0.00000162. The molecule has 0 aliphatic heterocycles. The van der Waals surface area contributed by atoms with E-state index < -0.39 is 0 Å². The molecular formula is C14H15ClN2O. The molecule has 0 aliphatic rings. The van der Waals surface area contributed by atoms with Gasteiger partial charge in [-0.1, -0.05) is 30.3 Å². The highest BCUT2D eigenvalue weighted by atomic mass is 35.5. The van der Waals surface area contributed by atoms with Crippen molar-refractivity contribution in [2.75, 3.05) is 0 Å². The molecule has 0 saturated carbocycles. The highest BCUT2D eigenvalue weighted by Gasteiger charge is 2.10. The average molecular weight is 263 g/mol. The van der Waals surface area contributed by atoms with Crippen molar-refractivity contribution in [1.82, 2.24) is 10.3 Å². The van der Waals surface area contributed by atoms with Crippen molar-refractivity contribution in [2.24, 2.45) is 0 Å². The van der Waals surface area contributed by atoms with Gasteiger partial charge in [0.05, 0.1) is 6.04 Å². The Bertz CT molecular complexity index is 488. The number of nitrogens with one attached hydrogen (secondary N) is 1. The molecule has 1 amide bonds. The van der Waals surface area contributed by atoms with E-state index in [1.807, 2.05) is 37.3 Å². The van der Waals surface area contributed by atoms with Crippen LogP contribution in [-0.2, 0) is 0 Å². The molecule has 0 aliphatic carbocycles. The summed E-state index contributed by atoms with van der Waals surface area (Å²) in [5.74, 6) is -0.0799. The molecule has 18 heavy (non-hydrogen) atoms. The van der Waals surface area contributed by atoms with E-state index in [9.17, 15) is 4.79 Å². The third kappa shape index (κ3) is 3.57.